The molecule has 188 valence electrons. The Balaban J connectivity index is 1.84. The summed E-state index contributed by atoms with van der Waals surface area (Å²) in [6, 6.07) is 13.8. The molecule has 10 heteroatoms. The van der Waals surface area contributed by atoms with Crippen molar-refractivity contribution in [3.63, 3.8) is 0 Å². The van der Waals surface area contributed by atoms with E-state index in [1.54, 1.807) is 57.2 Å². The molecule has 0 atom stereocenters. The zero-order chi connectivity index (χ0) is 26.3. The number of carbonyl (C=O) groups is 3. The Kier molecular flexibility index (Phi) is 8.21. The first-order valence-corrected chi connectivity index (χ1v) is 11.3. The van der Waals surface area contributed by atoms with E-state index >= 15 is 0 Å². The normalized spacial score (nSPS) is 10.9. The van der Waals surface area contributed by atoms with Gasteiger partial charge in [-0.25, -0.2) is 14.2 Å². The molecule has 1 heterocycles. The molecule has 3 aromatic rings. The molecule has 0 aliphatic heterocycles. The zero-order valence-electron chi connectivity index (χ0n) is 20.2. The number of amides is 3. The van der Waals surface area contributed by atoms with E-state index in [-0.39, 0.29) is 22.8 Å². The average Bonchev–Trinajstić information content (AvgIpc) is 2.82. The van der Waals surface area contributed by atoms with Crippen LogP contribution in [0.3, 0.4) is 0 Å². The standard InChI is InChI=1S/C26H28FN5O4/c1-4-28-25(36)32-22-13-21(31-20-8-6-5-7-19(20)27)18(15-29-22)23(33)30-17-11-9-16(10-12-17)14-26(2,3)24(34)35/h5-13,15H,4,14H2,1-3H3,(H,30,33)(H,34,35)(H3,28,29,31,32,36). The largest absolute Gasteiger partial charge is 0.481 e. The van der Waals surface area contributed by atoms with Crippen molar-refractivity contribution < 1.29 is 23.9 Å². The summed E-state index contributed by atoms with van der Waals surface area (Å²) >= 11 is 0. The van der Waals surface area contributed by atoms with Gasteiger partial charge in [0.1, 0.15) is 11.6 Å². The molecule has 0 fully saturated rings. The SMILES string of the molecule is CCNC(=O)Nc1cc(Nc2ccccc2F)c(C(=O)Nc2ccc(CC(C)(C)C(=O)O)cc2)cn1. The van der Waals surface area contributed by atoms with Gasteiger partial charge in [0, 0.05) is 24.5 Å². The van der Waals surface area contributed by atoms with E-state index in [0.29, 0.717) is 18.7 Å². The third-order valence-electron chi connectivity index (χ3n) is 5.31. The minimum atomic E-state index is -0.923. The zero-order valence-corrected chi connectivity index (χ0v) is 20.2. The number of pyridine rings is 1. The fourth-order valence-corrected chi connectivity index (χ4v) is 3.33. The van der Waals surface area contributed by atoms with Gasteiger partial charge >= 0.3 is 12.0 Å². The van der Waals surface area contributed by atoms with Crippen LogP contribution in [-0.4, -0.2) is 34.5 Å². The van der Waals surface area contributed by atoms with Gasteiger partial charge in [-0.15, -0.1) is 0 Å². The highest BCUT2D eigenvalue weighted by molar-refractivity contribution is 6.08. The van der Waals surface area contributed by atoms with Crippen molar-refractivity contribution in [3.8, 4) is 0 Å². The molecular weight excluding hydrogens is 465 g/mol. The number of carboxylic acid groups (broad SMARTS) is 1. The molecule has 3 rings (SSSR count). The Bertz CT molecular complexity index is 1260. The minimum absolute atomic E-state index is 0.121. The quantitative estimate of drug-likeness (QED) is 0.285. The Labute approximate surface area is 208 Å². The number of nitrogens with zero attached hydrogens (tertiary/aromatic N) is 1. The third-order valence-corrected chi connectivity index (χ3v) is 5.31. The summed E-state index contributed by atoms with van der Waals surface area (Å²) in [5.41, 5.74) is 0.873. The maximum absolute atomic E-state index is 14.3. The van der Waals surface area contributed by atoms with Gasteiger partial charge in [-0.2, -0.15) is 0 Å². The summed E-state index contributed by atoms with van der Waals surface area (Å²) in [6.45, 7) is 5.48. The molecule has 0 spiro atoms. The molecule has 9 nitrogen and oxygen atoms in total. The highest BCUT2D eigenvalue weighted by Crippen LogP contribution is 2.27. The van der Waals surface area contributed by atoms with Crippen LogP contribution in [0.2, 0.25) is 0 Å². The van der Waals surface area contributed by atoms with Gasteiger partial charge in [0.15, 0.2) is 0 Å². The molecule has 0 unspecified atom stereocenters. The molecule has 36 heavy (non-hydrogen) atoms. The number of nitrogens with one attached hydrogen (secondary N) is 4. The lowest BCUT2D eigenvalue weighted by Gasteiger charge is -2.19. The van der Waals surface area contributed by atoms with Gasteiger partial charge in [0.05, 0.1) is 22.4 Å². The third kappa shape index (κ3) is 6.78. The summed E-state index contributed by atoms with van der Waals surface area (Å²) < 4.78 is 14.3. The molecule has 5 N–H and O–H groups in total. The first-order chi connectivity index (χ1) is 17.1. The summed E-state index contributed by atoms with van der Waals surface area (Å²) in [7, 11) is 0. The number of urea groups is 1. The summed E-state index contributed by atoms with van der Waals surface area (Å²) in [5.74, 6) is -1.75. The molecule has 0 saturated heterocycles. The predicted octanol–water partition coefficient (Wildman–Crippen LogP) is 5.01. The van der Waals surface area contributed by atoms with Crippen LogP contribution in [0.1, 0.15) is 36.7 Å². The number of hydrogen-bond acceptors (Lipinski definition) is 5. The second kappa shape index (κ2) is 11.3. The number of para-hydroxylation sites is 1. The topological polar surface area (TPSA) is 132 Å². The number of carbonyl (C=O) groups excluding carboxylic acids is 2. The molecule has 0 aliphatic carbocycles. The average molecular weight is 494 g/mol. The number of anilines is 4. The lowest BCUT2D eigenvalue weighted by atomic mass is 9.86. The Morgan fingerprint density at radius 3 is 2.33 bits per heavy atom. The number of carboxylic acids is 1. The van der Waals surface area contributed by atoms with Gasteiger partial charge in [-0.05, 0) is 57.0 Å². The number of halogens is 1. The number of benzene rings is 2. The lowest BCUT2D eigenvalue weighted by Crippen LogP contribution is -2.28. The number of aromatic nitrogens is 1. The fraction of sp³-hybridized carbons (Fsp3) is 0.231. The molecule has 3 amide bonds. The van der Waals surface area contributed by atoms with Crippen molar-refractivity contribution in [1.29, 1.82) is 0 Å². The highest BCUT2D eigenvalue weighted by Gasteiger charge is 2.27. The van der Waals surface area contributed by atoms with Crippen LogP contribution < -0.4 is 21.3 Å². The predicted molar refractivity (Wildman–Crippen MR) is 136 cm³/mol. The second-order valence-electron chi connectivity index (χ2n) is 8.72. The number of hydrogen-bond donors (Lipinski definition) is 5. The smallest absolute Gasteiger partial charge is 0.320 e. The van der Waals surface area contributed by atoms with Gasteiger partial charge < -0.3 is 21.1 Å². The van der Waals surface area contributed by atoms with Crippen molar-refractivity contribution in [3.05, 3.63) is 77.7 Å². The van der Waals surface area contributed by atoms with Crippen molar-refractivity contribution in [1.82, 2.24) is 10.3 Å². The Hall–Kier alpha value is -4.47. The number of aliphatic carboxylic acids is 1. The van der Waals surface area contributed by atoms with Gasteiger partial charge in [0.25, 0.3) is 5.91 Å². The summed E-state index contributed by atoms with van der Waals surface area (Å²) in [4.78, 5) is 40.5. The van der Waals surface area contributed by atoms with Crippen molar-refractivity contribution in [2.24, 2.45) is 5.41 Å². The maximum Gasteiger partial charge on any atom is 0.320 e. The fourth-order valence-electron chi connectivity index (χ4n) is 3.33. The van der Waals surface area contributed by atoms with Gasteiger partial charge in [-0.1, -0.05) is 24.3 Å². The van der Waals surface area contributed by atoms with Crippen LogP contribution in [0, 0.1) is 11.2 Å². The van der Waals surface area contributed by atoms with E-state index in [1.165, 1.54) is 24.4 Å². The monoisotopic (exact) mass is 493 g/mol. The lowest BCUT2D eigenvalue weighted by molar-refractivity contribution is -0.146. The molecular formula is C26H28FN5O4. The van der Waals surface area contributed by atoms with E-state index in [9.17, 15) is 23.9 Å². The van der Waals surface area contributed by atoms with Crippen LogP contribution in [-0.2, 0) is 11.2 Å². The van der Waals surface area contributed by atoms with Crippen LogP contribution in [0.15, 0.2) is 60.8 Å². The molecule has 0 bridgehead atoms. The van der Waals surface area contributed by atoms with Gasteiger partial charge in [0.2, 0.25) is 0 Å². The molecule has 0 aliphatic rings. The summed E-state index contributed by atoms with van der Waals surface area (Å²) in [6.07, 6.45) is 1.61. The van der Waals surface area contributed by atoms with Crippen LogP contribution >= 0.6 is 0 Å². The van der Waals surface area contributed by atoms with Crippen molar-refractivity contribution >= 4 is 40.8 Å². The van der Waals surface area contributed by atoms with Crippen molar-refractivity contribution in [2.75, 3.05) is 22.5 Å². The number of rotatable bonds is 9. The van der Waals surface area contributed by atoms with E-state index in [0.717, 1.165) is 5.56 Å². The maximum atomic E-state index is 14.3. The van der Waals surface area contributed by atoms with E-state index < -0.39 is 29.1 Å². The van der Waals surface area contributed by atoms with Gasteiger partial charge in [-0.3, -0.25) is 14.9 Å². The molecule has 2 aromatic carbocycles. The van der Waals surface area contributed by atoms with Crippen molar-refractivity contribution in [2.45, 2.75) is 27.2 Å². The van der Waals surface area contributed by atoms with Crippen LogP contribution in [0.4, 0.5) is 32.1 Å². The van der Waals surface area contributed by atoms with Crippen LogP contribution in [0.25, 0.3) is 0 Å². The van der Waals surface area contributed by atoms with E-state index in [4.69, 9.17) is 0 Å². The minimum Gasteiger partial charge on any atom is -0.481 e. The Morgan fingerprint density at radius 1 is 1.00 bits per heavy atom. The molecule has 0 radical (unpaired) electrons. The van der Waals surface area contributed by atoms with Crippen LogP contribution in [0.5, 0.6) is 0 Å². The molecule has 0 saturated carbocycles. The first kappa shape index (κ1) is 26.1. The first-order valence-electron chi connectivity index (χ1n) is 11.3. The summed E-state index contributed by atoms with van der Waals surface area (Å²) in [5, 5.41) is 20.1. The highest BCUT2D eigenvalue weighted by atomic mass is 19.1. The second-order valence-corrected chi connectivity index (χ2v) is 8.72. The van der Waals surface area contributed by atoms with E-state index in [2.05, 4.69) is 26.3 Å². The van der Waals surface area contributed by atoms with E-state index in [1.807, 2.05) is 0 Å². The molecule has 1 aromatic heterocycles. The Morgan fingerprint density at radius 2 is 1.69 bits per heavy atom.